The van der Waals surface area contributed by atoms with Gasteiger partial charge in [0.1, 0.15) is 5.82 Å². The number of anilines is 2. The molecular weight excluding hydrogens is 168 g/mol. The van der Waals surface area contributed by atoms with Crippen LogP contribution in [-0.4, -0.2) is 24.5 Å². The van der Waals surface area contributed by atoms with Crippen LogP contribution in [0.4, 0.5) is 11.5 Å². The zero-order chi connectivity index (χ0) is 9.68. The number of carbonyl (C=O) groups excluding carboxylic acids is 1. The van der Waals surface area contributed by atoms with E-state index < -0.39 is 0 Å². The largest absolute Gasteiger partial charge is 0.382 e. The molecular formula is C8H12N4O. The molecule has 0 aliphatic rings. The fourth-order valence-corrected chi connectivity index (χ4v) is 0.831. The Morgan fingerprint density at radius 1 is 1.69 bits per heavy atom. The van der Waals surface area contributed by atoms with Crippen LogP contribution in [0.3, 0.4) is 0 Å². The van der Waals surface area contributed by atoms with Gasteiger partial charge in [0.25, 0.3) is 0 Å². The number of carbonyl (C=O) groups is 1. The van der Waals surface area contributed by atoms with E-state index in [1.165, 1.54) is 0 Å². The van der Waals surface area contributed by atoms with Crippen molar-refractivity contribution in [1.29, 1.82) is 0 Å². The van der Waals surface area contributed by atoms with E-state index >= 15 is 0 Å². The van der Waals surface area contributed by atoms with Gasteiger partial charge in [-0.25, -0.2) is 4.98 Å². The smallest absolute Gasteiger partial charge is 0.239 e. The summed E-state index contributed by atoms with van der Waals surface area (Å²) in [6.45, 7) is 0.201. The van der Waals surface area contributed by atoms with Crippen LogP contribution < -0.4 is 16.4 Å². The molecule has 13 heavy (non-hydrogen) atoms. The van der Waals surface area contributed by atoms with Crippen LogP contribution in [0.2, 0.25) is 0 Å². The minimum atomic E-state index is -0.0942. The molecule has 1 heterocycles. The molecule has 0 atom stereocenters. The monoisotopic (exact) mass is 180 g/mol. The minimum absolute atomic E-state index is 0.0942. The van der Waals surface area contributed by atoms with E-state index in [2.05, 4.69) is 15.6 Å². The average molecular weight is 180 g/mol. The highest BCUT2D eigenvalue weighted by Crippen LogP contribution is 2.12. The summed E-state index contributed by atoms with van der Waals surface area (Å²) >= 11 is 0. The maximum absolute atomic E-state index is 10.9. The van der Waals surface area contributed by atoms with Crippen LogP contribution in [0.5, 0.6) is 0 Å². The first-order valence-electron chi connectivity index (χ1n) is 3.89. The summed E-state index contributed by atoms with van der Waals surface area (Å²) in [5, 5.41) is 5.36. The van der Waals surface area contributed by atoms with Crippen LogP contribution in [0.15, 0.2) is 18.3 Å². The number of hydrogen-bond acceptors (Lipinski definition) is 4. The van der Waals surface area contributed by atoms with E-state index in [1.807, 2.05) is 0 Å². The van der Waals surface area contributed by atoms with Gasteiger partial charge in [0, 0.05) is 13.2 Å². The molecule has 0 unspecified atom stereocenters. The number of nitrogens with zero attached hydrogens (tertiary/aromatic N) is 1. The Labute approximate surface area is 76.3 Å². The van der Waals surface area contributed by atoms with Crippen LogP contribution in [0, 0.1) is 0 Å². The van der Waals surface area contributed by atoms with Crippen molar-refractivity contribution in [3.05, 3.63) is 18.3 Å². The van der Waals surface area contributed by atoms with Crippen molar-refractivity contribution >= 4 is 17.4 Å². The van der Waals surface area contributed by atoms with Gasteiger partial charge in [0.15, 0.2) is 0 Å². The number of nitrogens with two attached hydrogens (primary N) is 1. The van der Waals surface area contributed by atoms with Gasteiger partial charge < -0.3 is 16.4 Å². The topological polar surface area (TPSA) is 80.0 Å². The number of nitrogens with one attached hydrogen (secondary N) is 2. The summed E-state index contributed by atoms with van der Waals surface area (Å²) < 4.78 is 0. The second kappa shape index (κ2) is 4.30. The lowest BCUT2D eigenvalue weighted by Gasteiger charge is -2.06. The first kappa shape index (κ1) is 9.31. The number of likely N-dealkylation sites (N-methyl/N-ethyl adjacent to an activating group) is 1. The maximum Gasteiger partial charge on any atom is 0.239 e. The van der Waals surface area contributed by atoms with Crippen molar-refractivity contribution in [3.63, 3.8) is 0 Å². The van der Waals surface area contributed by atoms with Crippen molar-refractivity contribution < 1.29 is 4.79 Å². The fourth-order valence-electron chi connectivity index (χ4n) is 0.831. The van der Waals surface area contributed by atoms with Gasteiger partial charge in [0.05, 0.1) is 12.2 Å². The molecule has 0 fully saturated rings. The molecule has 0 spiro atoms. The van der Waals surface area contributed by atoms with Crippen LogP contribution in [-0.2, 0) is 4.79 Å². The first-order chi connectivity index (χ1) is 6.24. The van der Waals surface area contributed by atoms with E-state index in [0.717, 1.165) is 0 Å². The molecule has 0 aromatic carbocycles. The summed E-state index contributed by atoms with van der Waals surface area (Å²) in [7, 11) is 1.58. The molecule has 0 bridgehead atoms. The Bertz CT molecular complexity index is 300. The van der Waals surface area contributed by atoms with Crippen LogP contribution >= 0.6 is 0 Å². The Hall–Kier alpha value is -1.78. The Kier molecular flexibility index (Phi) is 3.08. The van der Waals surface area contributed by atoms with Gasteiger partial charge in [-0.3, -0.25) is 4.79 Å². The number of rotatable bonds is 3. The second-order valence-electron chi connectivity index (χ2n) is 2.46. The zero-order valence-electron chi connectivity index (χ0n) is 7.37. The number of hydrogen-bond donors (Lipinski definition) is 3. The Morgan fingerprint density at radius 2 is 2.46 bits per heavy atom. The van der Waals surface area contributed by atoms with E-state index in [0.29, 0.717) is 11.5 Å². The molecule has 0 aliphatic heterocycles. The standard InChI is InChI=1S/C8H12N4O/c1-10-7(13)5-12-6-3-2-4-11-8(6)9/h2-4,12H,5H2,1H3,(H2,9,11)(H,10,13). The molecule has 5 nitrogen and oxygen atoms in total. The van der Waals surface area contributed by atoms with Crippen molar-refractivity contribution in [2.24, 2.45) is 0 Å². The third-order valence-corrected chi connectivity index (χ3v) is 1.56. The predicted molar refractivity (Wildman–Crippen MR) is 51.2 cm³/mol. The van der Waals surface area contributed by atoms with Gasteiger partial charge >= 0.3 is 0 Å². The lowest BCUT2D eigenvalue weighted by molar-refractivity contribution is -0.118. The number of nitrogen functional groups attached to an aromatic ring is 1. The number of pyridine rings is 1. The third-order valence-electron chi connectivity index (χ3n) is 1.56. The van der Waals surface area contributed by atoms with E-state index in [9.17, 15) is 4.79 Å². The normalized spacial score (nSPS) is 9.31. The molecule has 0 aliphatic carbocycles. The van der Waals surface area contributed by atoms with E-state index in [-0.39, 0.29) is 12.5 Å². The van der Waals surface area contributed by atoms with Gasteiger partial charge in [0.2, 0.25) is 5.91 Å². The highest BCUT2D eigenvalue weighted by molar-refractivity contribution is 5.81. The van der Waals surface area contributed by atoms with E-state index in [4.69, 9.17) is 5.73 Å². The summed E-state index contributed by atoms with van der Waals surface area (Å²) in [6.07, 6.45) is 1.60. The SMILES string of the molecule is CNC(=O)CNc1cccnc1N. The highest BCUT2D eigenvalue weighted by atomic mass is 16.1. The quantitative estimate of drug-likeness (QED) is 0.603. The molecule has 1 rings (SSSR count). The van der Waals surface area contributed by atoms with Gasteiger partial charge in [-0.15, -0.1) is 0 Å². The Morgan fingerprint density at radius 3 is 3.08 bits per heavy atom. The maximum atomic E-state index is 10.9. The highest BCUT2D eigenvalue weighted by Gasteiger charge is 2.00. The van der Waals surface area contributed by atoms with Crippen molar-refractivity contribution in [3.8, 4) is 0 Å². The molecule has 0 saturated carbocycles. The Balaban J connectivity index is 2.54. The van der Waals surface area contributed by atoms with E-state index in [1.54, 1.807) is 25.4 Å². The average Bonchev–Trinajstić information content (AvgIpc) is 2.16. The van der Waals surface area contributed by atoms with Crippen molar-refractivity contribution in [2.75, 3.05) is 24.6 Å². The van der Waals surface area contributed by atoms with Crippen molar-refractivity contribution in [2.45, 2.75) is 0 Å². The summed E-state index contributed by atoms with van der Waals surface area (Å²) in [6, 6.07) is 3.52. The zero-order valence-corrected chi connectivity index (χ0v) is 7.37. The lowest BCUT2D eigenvalue weighted by Crippen LogP contribution is -2.26. The number of amides is 1. The van der Waals surface area contributed by atoms with Gasteiger partial charge in [-0.05, 0) is 12.1 Å². The number of aromatic nitrogens is 1. The lowest BCUT2D eigenvalue weighted by atomic mass is 10.4. The summed E-state index contributed by atoms with van der Waals surface area (Å²) in [5.41, 5.74) is 6.22. The molecule has 1 aromatic heterocycles. The minimum Gasteiger partial charge on any atom is -0.382 e. The molecule has 0 saturated heterocycles. The van der Waals surface area contributed by atoms with Crippen LogP contribution in [0.25, 0.3) is 0 Å². The first-order valence-corrected chi connectivity index (χ1v) is 3.89. The second-order valence-corrected chi connectivity index (χ2v) is 2.46. The summed E-state index contributed by atoms with van der Waals surface area (Å²) in [4.78, 5) is 14.7. The third kappa shape index (κ3) is 2.62. The summed E-state index contributed by atoms with van der Waals surface area (Å²) in [5.74, 6) is 0.301. The van der Waals surface area contributed by atoms with Gasteiger partial charge in [-0.1, -0.05) is 0 Å². The van der Waals surface area contributed by atoms with Crippen LogP contribution in [0.1, 0.15) is 0 Å². The predicted octanol–water partition coefficient (Wildman–Crippen LogP) is -0.178. The molecule has 0 radical (unpaired) electrons. The molecule has 1 amide bonds. The molecule has 70 valence electrons. The molecule has 5 heteroatoms. The molecule has 1 aromatic rings. The van der Waals surface area contributed by atoms with Gasteiger partial charge in [-0.2, -0.15) is 0 Å². The fraction of sp³-hybridized carbons (Fsp3) is 0.250. The van der Waals surface area contributed by atoms with Crippen molar-refractivity contribution in [1.82, 2.24) is 10.3 Å². The molecule has 4 N–H and O–H groups in total.